The fraction of sp³-hybridized carbons (Fsp3) is 0.290. The number of nitrogens with one attached hydrogen (secondary N) is 4. The molecule has 16 nitrogen and oxygen atoms in total. The number of aromatic nitrogens is 6. The predicted octanol–water partition coefficient (Wildman–Crippen LogP) is 2.97. The summed E-state index contributed by atoms with van der Waals surface area (Å²) in [5.41, 5.74) is 2.47. The van der Waals surface area contributed by atoms with Gasteiger partial charge in [0.1, 0.15) is 11.6 Å². The number of carbonyl (C=O) groups excluding carboxylic acids is 4. The fourth-order valence-electron chi connectivity index (χ4n) is 4.44. The number of ether oxygens (including phenoxy) is 2. The molecule has 4 aromatic heterocycles. The van der Waals surface area contributed by atoms with Crippen LogP contribution in [0.2, 0.25) is 0 Å². The molecule has 0 atom stereocenters. The monoisotopic (exact) mass is 646 g/mol. The molecule has 248 valence electrons. The summed E-state index contributed by atoms with van der Waals surface area (Å²) < 4.78 is 16.5. The van der Waals surface area contributed by atoms with Crippen LogP contribution in [0.4, 0.5) is 23.0 Å². The van der Waals surface area contributed by atoms with E-state index in [4.69, 9.17) is 9.47 Å². The Labute approximate surface area is 271 Å². The summed E-state index contributed by atoms with van der Waals surface area (Å²) in [7, 11) is 6.99. The second-order valence-electron chi connectivity index (χ2n) is 10.3. The van der Waals surface area contributed by atoms with E-state index in [2.05, 4.69) is 31.2 Å². The number of carbonyl (C=O) groups is 4. The number of amides is 2. The van der Waals surface area contributed by atoms with Crippen LogP contribution in [-0.4, -0.2) is 71.9 Å². The zero-order valence-electron chi connectivity index (χ0n) is 27.0. The average molecular weight is 647 g/mol. The number of imidazole rings is 2. The first-order valence-electron chi connectivity index (χ1n) is 14.7. The van der Waals surface area contributed by atoms with Gasteiger partial charge in [0, 0.05) is 76.5 Å². The Morgan fingerprint density at radius 2 is 1.06 bits per heavy atom. The van der Waals surface area contributed by atoms with Gasteiger partial charge in [-0.15, -0.1) is 0 Å². The average Bonchev–Trinajstić information content (AvgIpc) is 3.76. The first-order valence-corrected chi connectivity index (χ1v) is 14.7. The molecule has 0 radical (unpaired) electrons. The lowest BCUT2D eigenvalue weighted by Crippen LogP contribution is -2.17. The molecule has 4 aromatic rings. The van der Waals surface area contributed by atoms with Gasteiger partial charge in [0.2, 0.25) is 11.6 Å². The van der Waals surface area contributed by atoms with Gasteiger partial charge in [-0.1, -0.05) is 0 Å². The van der Waals surface area contributed by atoms with Gasteiger partial charge in [-0.3, -0.25) is 9.59 Å². The summed E-state index contributed by atoms with van der Waals surface area (Å²) in [5.74, 6) is -0.478. The van der Waals surface area contributed by atoms with Crippen LogP contribution < -0.4 is 21.3 Å². The molecule has 16 heteroatoms. The minimum absolute atomic E-state index is 0.178. The topological polar surface area (TPSA) is 180 Å². The summed E-state index contributed by atoms with van der Waals surface area (Å²) in [6.07, 6.45) is 12.6. The van der Waals surface area contributed by atoms with Crippen molar-refractivity contribution in [2.24, 2.45) is 28.2 Å². The van der Waals surface area contributed by atoms with Gasteiger partial charge in [-0.2, -0.15) is 0 Å². The van der Waals surface area contributed by atoms with Crippen molar-refractivity contribution in [1.29, 1.82) is 0 Å². The standard InChI is InChI=1S/C31H38N10O6/c1-7-46-26(42)11-9-22-13-20(15-38(22)3)34-30(44)28-36-24(17-40(28)5)32-19-33-25-18-41(6)29(37-25)31(45)35-21-14-23(39(4)16-21)10-12-27(43)47-8-2/h9-18,32-33H,7-8,19H2,1-6H3,(H,34,44)(H,35,45)/b11-9+,12-10+. The second-order valence-corrected chi connectivity index (χ2v) is 10.3. The van der Waals surface area contributed by atoms with E-state index in [0.717, 1.165) is 0 Å². The normalized spacial score (nSPS) is 11.2. The van der Waals surface area contributed by atoms with Gasteiger partial charge >= 0.3 is 11.9 Å². The molecular formula is C31H38N10O6. The maximum Gasteiger partial charge on any atom is 0.330 e. The maximum absolute atomic E-state index is 12.9. The molecule has 0 unspecified atom stereocenters. The van der Waals surface area contributed by atoms with Crippen LogP contribution in [0.15, 0.2) is 49.1 Å². The Bertz CT molecular complexity index is 1690. The number of anilines is 4. The third-order valence-electron chi connectivity index (χ3n) is 6.65. The van der Waals surface area contributed by atoms with Crippen molar-refractivity contribution in [2.75, 3.05) is 41.1 Å². The summed E-state index contributed by atoms with van der Waals surface area (Å²) >= 11 is 0. The molecule has 4 heterocycles. The minimum Gasteiger partial charge on any atom is -0.463 e. The Kier molecular flexibility index (Phi) is 11.0. The van der Waals surface area contributed by atoms with Crippen molar-refractivity contribution in [3.05, 3.63) is 72.1 Å². The molecule has 2 amide bonds. The Hall–Kier alpha value is -6.06. The van der Waals surface area contributed by atoms with E-state index >= 15 is 0 Å². The van der Waals surface area contributed by atoms with Crippen molar-refractivity contribution in [3.8, 4) is 0 Å². The number of hydrogen-bond acceptors (Lipinski definition) is 10. The molecule has 47 heavy (non-hydrogen) atoms. The second kappa shape index (κ2) is 15.3. The number of nitrogens with zero attached hydrogens (tertiary/aromatic N) is 6. The lowest BCUT2D eigenvalue weighted by Gasteiger charge is -2.04. The van der Waals surface area contributed by atoms with Crippen molar-refractivity contribution in [2.45, 2.75) is 13.8 Å². The number of esters is 2. The highest BCUT2D eigenvalue weighted by Gasteiger charge is 2.17. The van der Waals surface area contributed by atoms with Crippen LogP contribution in [-0.2, 0) is 47.3 Å². The molecule has 0 spiro atoms. The van der Waals surface area contributed by atoms with Gasteiger partial charge in [0.15, 0.2) is 0 Å². The summed E-state index contributed by atoms with van der Waals surface area (Å²) in [6.45, 7) is 4.25. The number of hydrogen-bond donors (Lipinski definition) is 4. The quantitative estimate of drug-likeness (QED) is 0.0904. The van der Waals surface area contributed by atoms with E-state index in [1.54, 1.807) is 109 Å². The minimum atomic E-state index is -0.448. The van der Waals surface area contributed by atoms with Crippen LogP contribution in [0.25, 0.3) is 12.2 Å². The van der Waals surface area contributed by atoms with E-state index in [0.29, 0.717) is 34.4 Å². The summed E-state index contributed by atoms with van der Waals surface area (Å²) in [4.78, 5) is 57.9. The first kappa shape index (κ1) is 33.8. The Morgan fingerprint density at radius 3 is 1.45 bits per heavy atom. The van der Waals surface area contributed by atoms with Crippen LogP contribution in [0.5, 0.6) is 0 Å². The Morgan fingerprint density at radius 1 is 0.660 bits per heavy atom. The molecule has 4 N–H and O–H groups in total. The third kappa shape index (κ3) is 9.00. The van der Waals surface area contributed by atoms with E-state index in [-0.39, 0.29) is 31.5 Å². The van der Waals surface area contributed by atoms with Crippen LogP contribution in [0.3, 0.4) is 0 Å². The van der Waals surface area contributed by atoms with Crippen LogP contribution in [0, 0.1) is 0 Å². The summed E-state index contributed by atoms with van der Waals surface area (Å²) in [5, 5.41) is 11.8. The molecule has 0 bridgehead atoms. The molecule has 0 aliphatic heterocycles. The number of rotatable bonds is 14. The molecule has 0 saturated carbocycles. The highest BCUT2D eigenvalue weighted by atomic mass is 16.5. The fourth-order valence-corrected chi connectivity index (χ4v) is 4.44. The lowest BCUT2D eigenvalue weighted by atomic mass is 10.3. The van der Waals surface area contributed by atoms with Crippen molar-refractivity contribution in [1.82, 2.24) is 28.2 Å². The lowest BCUT2D eigenvalue weighted by molar-refractivity contribution is -0.138. The molecule has 0 fully saturated rings. The SMILES string of the molecule is CCOC(=O)/C=C/c1cc(NC(=O)c2nc(NCNc3cn(C)c(C(=O)Nc4cc(/C=C/C(=O)OCC)n(C)c4)n3)cn2C)cn1C. The van der Waals surface area contributed by atoms with E-state index in [9.17, 15) is 19.2 Å². The predicted molar refractivity (Wildman–Crippen MR) is 177 cm³/mol. The molecular weight excluding hydrogens is 608 g/mol. The maximum atomic E-state index is 12.9. The van der Waals surface area contributed by atoms with Crippen molar-refractivity contribution < 1.29 is 28.7 Å². The van der Waals surface area contributed by atoms with E-state index < -0.39 is 23.8 Å². The smallest absolute Gasteiger partial charge is 0.330 e. The molecule has 0 aromatic carbocycles. The van der Waals surface area contributed by atoms with Crippen molar-refractivity contribution >= 4 is 58.9 Å². The first-order chi connectivity index (χ1) is 22.5. The zero-order valence-corrected chi connectivity index (χ0v) is 27.0. The van der Waals surface area contributed by atoms with Gasteiger partial charge in [0.05, 0.1) is 31.3 Å². The van der Waals surface area contributed by atoms with E-state index in [1.165, 1.54) is 12.2 Å². The summed E-state index contributed by atoms with van der Waals surface area (Å²) in [6, 6.07) is 3.45. The van der Waals surface area contributed by atoms with Crippen molar-refractivity contribution in [3.63, 3.8) is 0 Å². The van der Waals surface area contributed by atoms with E-state index in [1.807, 2.05) is 0 Å². The Balaban J connectivity index is 1.30. The highest BCUT2D eigenvalue weighted by molar-refractivity contribution is 6.03. The third-order valence-corrected chi connectivity index (χ3v) is 6.65. The highest BCUT2D eigenvalue weighted by Crippen LogP contribution is 2.18. The zero-order chi connectivity index (χ0) is 34.1. The number of aryl methyl sites for hydroxylation is 4. The van der Waals surface area contributed by atoms with Crippen LogP contribution in [0.1, 0.15) is 46.5 Å². The van der Waals surface area contributed by atoms with Crippen LogP contribution >= 0.6 is 0 Å². The van der Waals surface area contributed by atoms with Gasteiger partial charge in [-0.25, -0.2) is 19.6 Å². The molecule has 0 saturated heterocycles. The molecule has 0 aliphatic carbocycles. The van der Waals surface area contributed by atoms with Gasteiger partial charge in [-0.05, 0) is 38.1 Å². The molecule has 4 rings (SSSR count). The van der Waals surface area contributed by atoms with Gasteiger partial charge < -0.3 is 49.0 Å². The largest absolute Gasteiger partial charge is 0.463 e. The molecule has 0 aliphatic rings. The van der Waals surface area contributed by atoms with Gasteiger partial charge in [0.25, 0.3) is 11.8 Å².